The molecule has 0 saturated heterocycles. The Morgan fingerprint density at radius 2 is 1.84 bits per heavy atom. The molecule has 0 aromatic heterocycles. The highest BCUT2D eigenvalue weighted by Crippen LogP contribution is 2.33. The summed E-state index contributed by atoms with van der Waals surface area (Å²) in [5.41, 5.74) is 2.24. The van der Waals surface area contributed by atoms with Crippen molar-refractivity contribution in [1.29, 1.82) is 0 Å². The van der Waals surface area contributed by atoms with Gasteiger partial charge >= 0.3 is 0 Å². The number of aliphatic hydroxyl groups is 1. The Hall–Kier alpha value is -1.02. The summed E-state index contributed by atoms with van der Waals surface area (Å²) < 4.78 is 0. The molecule has 0 heterocycles. The number of anilines is 1. The Morgan fingerprint density at radius 3 is 2.42 bits per heavy atom. The first-order chi connectivity index (χ1) is 9.13. The van der Waals surface area contributed by atoms with Gasteiger partial charge in [0.05, 0.1) is 6.10 Å². The lowest BCUT2D eigenvalue weighted by atomic mass is 9.84. The number of rotatable bonds is 4. The summed E-state index contributed by atoms with van der Waals surface area (Å²) in [7, 11) is 2.18. The molecule has 1 atom stereocenters. The Balaban J connectivity index is 2.10. The Bertz CT molecular complexity index is 394. The van der Waals surface area contributed by atoms with Crippen LogP contribution < -0.4 is 4.90 Å². The van der Waals surface area contributed by atoms with Gasteiger partial charge in [-0.1, -0.05) is 31.5 Å². The summed E-state index contributed by atoms with van der Waals surface area (Å²) in [6.07, 6.45) is 6.18. The van der Waals surface area contributed by atoms with E-state index >= 15 is 0 Å². The third kappa shape index (κ3) is 3.30. The van der Waals surface area contributed by atoms with Gasteiger partial charge in [-0.15, -0.1) is 0 Å². The third-order valence-electron chi connectivity index (χ3n) is 4.71. The summed E-state index contributed by atoms with van der Waals surface area (Å²) in [5.74, 6) is 0.927. The lowest BCUT2D eigenvalue weighted by Crippen LogP contribution is -2.35. The maximum Gasteiger partial charge on any atom is 0.0781 e. The Morgan fingerprint density at radius 1 is 1.21 bits per heavy atom. The second kappa shape index (κ2) is 6.42. The topological polar surface area (TPSA) is 23.5 Å². The van der Waals surface area contributed by atoms with Crippen LogP contribution in [0.4, 0.5) is 5.69 Å². The van der Waals surface area contributed by atoms with E-state index < -0.39 is 6.10 Å². The highest BCUT2D eigenvalue weighted by molar-refractivity contribution is 5.54. The lowest BCUT2D eigenvalue weighted by Gasteiger charge is -2.37. The molecule has 2 rings (SSSR count). The average molecular weight is 261 g/mol. The fourth-order valence-corrected chi connectivity index (χ4v) is 3.30. The highest BCUT2D eigenvalue weighted by Gasteiger charge is 2.24. The maximum atomic E-state index is 9.91. The fourth-order valence-electron chi connectivity index (χ4n) is 3.30. The molecule has 0 amide bonds. The van der Waals surface area contributed by atoms with Gasteiger partial charge < -0.3 is 10.0 Å². The summed E-state index contributed by atoms with van der Waals surface area (Å²) in [6.45, 7) is 4.15. The molecule has 0 radical (unpaired) electrons. The average Bonchev–Trinajstić information content (AvgIpc) is 2.46. The molecule has 106 valence electrons. The van der Waals surface area contributed by atoms with Crippen LogP contribution in [0.15, 0.2) is 24.3 Å². The molecule has 0 bridgehead atoms. The van der Waals surface area contributed by atoms with E-state index in [1.165, 1.54) is 37.8 Å². The van der Waals surface area contributed by atoms with Gasteiger partial charge in [-0.25, -0.2) is 0 Å². The van der Waals surface area contributed by atoms with Crippen LogP contribution in [0, 0.1) is 5.92 Å². The second-order valence-corrected chi connectivity index (χ2v) is 5.93. The van der Waals surface area contributed by atoms with Crippen molar-refractivity contribution in [2.75, 3.05) is 11.9 Å². The number of para-hydroxylation sites is 1. The summed E-state index contributed by atoms with van der Waals surface area (Å²) in [6, 6.07) is 8.87. The van der Waals surface area contributed by atoms with Gasteiger partial charge in [0.1, 0.15) is 0 Å². The number of benzene rings is 1. The largest absolute Gasteiger partial charge is 0.389 e. The van der Waals surface area contributed by atoms with Gasteiger partial charge in [-0.3, -0.25) is 0 Å². The lowest BCUT2D eigenvalue weighted by molar-refractivity contribution is 0.199. The predicted molar refractivity (Wildman–Crippen MR) is 81.5 cm³/mol. The van der Waals surface area contributed by atoms with E-state index in [9.17, 15) is 5.11 Å². The monoisotopic (exact) mass is 261 g/mol. The fraction of sp³-hybridized carbons (Fsp3) is 0.647. The molecular weight excluding hydrogens is 234 g/mol. The molecule has 0 unspecified atom stereocenters. The normalized spacial score (nSPS) is 25.1. The minimum Gasteiger partial charge on any atom is -0.389 e. The molecule has 2 nitrogen and oxygen atoms in total. The SMILES string of the molecule is CCC1CCC(N(C)c2ccccc2[C@H](C)O)CC1. The maximum absolute atomic E-state index is 9.91. The van der Waals surface area contributed by atoms with Gasteiger partial charge in [0.2, 0.25) is 0 Å². The van der Waals surface area contributed by atoms with Crippen molar-refractivity contribution in [2.24, 2.45) is 5.92 Å². The van der Waals surface area contributed by atoms with Crippen LogP contribution >= 0.6 is 0 Å². The van der Waals surface area contributed by atoms with Crippen LogP contribution in [0.3, 0.4) is 0 Å². The Kier molecular flexibility index (Phi) is 4.87. The first-order valence-corrected chi connectivity index (χ1v) is 7.63. The number of hydrogen-bond acceptors (Lipinski definition) is 2. The van der Waals surface area contributed by atoms with Crippen LogP contribution in [0.25, 0.3) is 0 Å². The summed E-state index contributed by atoms with van der Waals surface area (Å²) in [5, 5.41) is 9.91. The minimum absolute atomic E-state index is 0.398. The van der Waals surface area contributed by atoms with E-state index in [1.54, 1.807) is 0 Å². The third-order valence-corrected chi connectivity index (χ3v) is 4.71. The van der Waals surface area contributed by atoms with E-state index in [0.29, 0.717) is 6.04 Å². The smallest absolute Gasteiger partial charge is 0.0781 e. The van der Waals surface area contributed by atoms with E-state index in [1.807, 2.05) is 19.1 Å². The van der Waals surface area contributed by atoms with Gasteiger partial charge in [0.15, 0.2) is 0 Å². The first-order valence-electron chi connectivity index (χ1n) is 7.63. The molecule has 1 saturated carbocycles. The van der Waals surface area contributed by atoms with Crippen molar-refractivity contribution in [3.05, 3.63) is 29.8 Å². The van der Waals surface area contributed by atoms with Crippen molar-refractivity contribution >= 4 is 5.69 Å². The van der Waals surface area contributed by atoms with Crippen molar-refractivity contribution < 1.29 is 5.11 Å². The van der Waals surface area contributed by atoms with Gasteiger partial charge in [0.25, 0.3) is 0 Å². The van der Waals surface area contributed by atoms with Gasteiger partial charge in [-0.05, 0) is 44.6 Å². The van der Waals surface area contributed by atoms with E-state index in [2.05, 4.69) is 31.0 Å². The van der Waals surface area contributed by atoms with Crippen molar-refractivity contribution in [3.8, 4) is 0 Å². The molecule has 2 heteroatoms. The van der Waals surface area contributed by atoms with Crippen LogP contribution in [-0.4, -0.2) is 18.2 Å². The standard InChI is InChI=1S/C17H27NO/c1-4-14-9-11-15(12-10-14)18(3)17-8-6-5-7-16(17)13(2)19/h5-8,13-15,19H,4,9-12H2,1-3H3/t13-,14?,15?/m0/s1. The van der Waals surface area contributed by atoms with Crippen LogP contribution in [-0.2, 0) is 0 Å². The minimum atomic E-state index is -0.398. The van der Waals surface area contributed by atoms with E-state index in [-0.39, 0.29) is 0 Å². The highest BCUT2D eigenvalue weighted by atomic mass is 16.3. The number of hydrogen-bond donors (Lipinski definition) is 1. The molecule has 1 aromatic carbocycles. The molecule has 1 aliphatic carbocycles. The van der Waals surface area contributed by atoms with Crippen molar-refractivity contribution in [2.45, 2.75) is 58.1 Å². The molecule has 1 aliphatic rings. The zero-order chi connectivity index (χ0) is 13.8. The van der Waals surface area contributed by atoms with Gasteiger partial charge in [0, 0.05) is 24.3 Å². The van der Waals surface area contributed by atoms with Crippen molar-refractivity contribution in [3.63, 3.8) is 0 Å². The second-order valence-electron chi connectivity index (χ2n) is 5.93. The first kappa shape index (κ1) is 14.4. The Labute approximate surface area is 117 Å². The molecule has 1 aromatic rings. The molecule has 19 heavy (non-hydrogen) atoms. The molecule has 0 spiro atoms. The quantitative estimate of drug-likeness (QED) is 0.880. The molecular formula is C17H27NO. The molecule has 1 N–H and O–H groups in total. The number of nitrogens with zero attached hydrogens (tertiary/aromatic N) is 1. The molecule has 0 aliphatic heterocycles. The molecule has 1 fully saturated rings. The van der Waals surface area contributed by atoms with E-state index in [4.69, 9.17) is 0 Å². The summed E-state index contributed by atoms with van der Waals surface area (Å²) in [4.78, 5) is 2.38. The van der Waals surface area contributed by atoms with Gasteiger partial charge in [-0.2, -0.15) is 0 Å². The van der Waals surface area contributed by atoms with Crippen LogP contribution in [0.1, 0.15) is 57.6 Å². The van der Waals surface area contributed by atoms with Crippen LogP contribution in [0.5, 0.6) is 0 Å². The zero-order valence-electron chi connectivity index (χ0n) is 12.5. The van der Waals surface area contributed by atoms with Crippen LogP contribution in [0.2, 0.25) is 0 Å². The number of aliphatic hydroxyl groups excluding tert-OH is 1. The zero-order valence-corrected chi connectivity index (χ0v) is 12.5. The van der Waals surface area contributed by atoms with E-state index in [0.717, 1.165) is 11.5 Å². The predicted octanol–water partition coefficient (Wildman–Crippen LogP) is 4.14. The van der Waals surface area contributed by atoms with Crippen molar-refractivity contribution in [1.82, 2.24) is 0 Å². The summed E-state index contributed by atoms with van der Waals surface area (Å²) >= 11 is 0.